The molecule has 1 aliphatic carbocycles. The van der Waals surface area contributed by atoms with Gasteiger partial charge in [-0.2, -0.15) is 4.98 Å². The summed E-state index contributed by atoms with van der Waals surface area (Å²) < 4.78 is 17.0. The first-order chi connectivity index (χ1) is 14.9. The monoisotopic (exact) mass is 429 g/mol. The SMILES string of the molecule is CCNC(=NCc1ccc(OC)cc1OC1CCCC1)NCc1noc(C(C)(C)C)n1. The van der Waals surface area contributed by atoms with Crippen molar-refractivity contribution in [1.29, 1.82) is 0 Å². The summed E-state index contributed by atoms with van der Waals surface area (Å²) in [5, 5.41) is 10.6. The van der Waals surface area contributed by atoms with E-state index in [9.17, 15) is 0 Å². The van der Waals surface area contributed by atoms with E-state index >= 15 is 0 Å². The normalized spacial score (nSPS) is 15.2. The number of benzene rings is 1. The van der Waals surface area contributed by atoms with Gasteiger partial charge in [0.2, 0.25) is 5.89 Å². The van der Waals surface area contributed by atoms with Gasteiger partial charge in [0.15, 0.2) is 11.8 Å². The highest BCUT2D eigenvalue weighted by atomic mass is 16.5. The summed E-state index contributed by atoms with van der Waals surface area (Å²) in [5.41, 5.74) is 0.855. The number of nitrogens with zero attached hydrogens (tertiary/aromatic N) is 3. The molecule has 1 heterocycles. The van der Waals surface area contributed by atoms with Crippen LogP contribution in [0.1, 0.15) is 70.7 Å². The number of ether oxygens (including phenoxy) is 2. The zero-order valence-electron chi connectivity index (χ0n) is 19.3. The number of nitrogens with one attached hydrogen (secondary N) is 2. The minimum Gasteiger partial charge on any atom is -0.497 e. The van der Waals surface area contributed by atoms with Crippen molar-refractivity contribution in [3.63, 3.8) is 0 Å². The highest BCUT2D eigenvalue weighted by molar-refractivity contribution is 5.79. The third kappa shape index (κ3) is 6.60. The molecule has 170 valence electrons. The molecule has 0 aliphatic heterocycles. The van der Waals surface area contributed by atoms with Crippen LogP contribution in [0.25, 0.3) is 0 Å². The van der Waals surface area contributed by atoms with E-state index in [0.717, 1.165) is 36.4 Å². The highest BCUT2D eigenvalue weighted by Gasteiger charge is 2.22. The maximum Gasteiger partial charge on any atom is 0.232 e. The summed E-state index contributed by atoms with van der Waals surface area (Å²) in [6.45, 7) is 9.83. The van der Waals surface area contributed by atoms with E-state index in [2.05, 4.69) is 20.8 Å². The van der Waals surface area contributed by atoms with E-state index in [1.807, 2.05) is 45.9 Å². The lowest BCUT2D eigenvalue weighted by molar-refractivity contribution is 0.207. The van der Waals surface area contributed by atoms with Crippen molar-refractivity contribution in [3.8, 4) is 11.5 Å². The molecule has 1 saturated carbocycles. The summed E-state index contributed by atoms with van der Waals surface area (Å²) in [5.74, 6) is 3.55. The second-order valence-corrected chi connectivity index (χ2v) is 8.81. The Bertz CT molecular complexity index is 866. The quantitative estimate of drug-likeness (QED) is 0.485. The second-order valence-electron chi connectivity index (χ2n) is 8.81. The smallest absolute Gasteiger partial charge is 0.232 e. The van der Waals surface area contributed by atoms with Crippen LogP contribution in [0.5, 0.6) is 11.5 Å². The molecule has 1 fully saturated rings. The van der Waals surface area contributed by atoms with Gasteiger partial charge in [-0.15, -0.1) is 0 Å². The first-order valence-corrected chi connectivity index (χ1v) is 11.1. The van der Waals surface area contributed by atoms with Crippen molar-refractivity contribution in [2.45, 2.75) is 78.0 Å². The maximum absolute atomic E-state index is 6.28. The fourth-order valence-electron chi connectivity index (χ4n) is 3.39. The van der Waals surface area contributed by atoms with Crippen LogP contribution in [-0.2, 0) is 18.5 Å². The molecule has 2 N–H and O–H groups in total. The number of aliphatic imine (C=N–C) groups is 1. The minimum atomic E-state index is -0.173. The third-order valence-electron chi connectivity index (χ3n) is 5.15. The van der Waals surface area contributed by atoms with Gasteiger partial charge in [0, 0.05) is 23.6 Å². The van der Waals surface area contributed by atoms with Crippen molar-refractivity contribution < 1.29 is 14.0 Å². The number of hydrogen-bond acceptors (Lipinski definition) is 6. The summed E-state index contributed by atoms with van der Waals surface area (Å²) in [7, 11) is 1.67. The Morgan fingerprint density at radius 1 is 1.23 bits per heavy atom. The Morgan fingerprint density at radius 3 is 2.65 bits per heavy atom. The molecule has 0 amide bonds. The largest absolute Gasteiger partial charge is 0.497 e. The second kappa shape index (κ2) is 10.5. The van der Waals surface area contributed by atoms with Gasteiger partial charge in [0.25, 0.3) is 0 Å². The maximum atomic E-state index is 6.28. The lowest BCUT2D eigenvalue weighted by Crippen LogP contribution is -2.37. The Kier molecular flexibility index (Phi) is 7.76. The van der Waals surface area contributed by atoms with E-state index < -0.39 is 0 Å². The van der Waals surface area contributed by atoms with Gasteiger partial charge in [0.05, 0.1) is 26.3 Å². The van der Waals surface area contributed by atoms with Crippen LogP contribution in [0.2, 0.25) is 0 Å². The van der Waals surface area contributed by atoms with Crippen LogP contribution in [0, 0.1) is 0 Å². The van der Waals surface area contributed by atoms with Crippen molar-refractivity contribution in [3.05, 3.63) is 35.5 Å². The molecule has 0 spiro atoms. The Balaban J connectivity index is 1.68. The summed E-state index contributed by atoms with van der Waals surface area (Å²) in [6, 6.07) is 5.92. The summed E-state index contributed by atoms with van der Waals surface area (Å²) >= 11 is 0. The molecule has 1 aliphatic rings. The van der Waals surface area contributed by atoms with Gasteiger partial charge in [-0.05, 0) is 44.7 Å². The summed E-state index contributed by atoms with van der Waals surface area (Å²) in [4.78, 5) is 9.20. The van der Waals surface area contributed by atoms with Crippen LogP contribution >= 0.6 is 0 Å². The lowest BCUT2D eigenvalue weighted by Gasteiger charge is -2.17. The van der Waals surface area contributed by atoms with Gasteiger partial charge < -0.3 is 24.6 Å². The Labute approximate surface area is 184 Å². The summed E-state index contributed by atoms with van der Waals surface area (Å²) in [6.07, 6.45) is 4.93. The van der Waals surface area contributed by atoms with Crippen LogP contribution in [0.4, 0.5) is 0 Å². The van der Waals surface area contributed by atoms with Gasteiger partial charge in [-0.1, -0.05) is 25.9 Å². The molecule has 8 nitrogen and oxygen atoms in total. The predicted molar refractivity (Wildman–Crippen MR) is 121 cm³/mol. The Hall–Kier alpha value is -2.77. The van der Waals surface area contributed by atoms with E-state index in [4.69, 9.17) is 19.0 Å². The zero-order chi connectivity index (χ0) is 22.3. The molecule has 0 unspecified atom stereocenters. The molecular weight excluding hydrogens is 394 g/mol. The molecule has 0 saturated heterocycles. The van der Waals surface area contributed by atoms with Crippen LogP contribution in [0.3, 0.4) is 0 Å². The van der Waals surface area contributed by atoms with Gasteiger partial charge in [-0.3, -0.25) is 0 Å². The topological polar surface area (TPSA) is 93.8 Å². The van der Waals surface area contributed by atoms with Gasteiger partial charge in [-0.25, -0.2) is 4.99 Å². The molecule has 8 heteroatoms. The first kappa shape index (κ1) is 22.9. The van der Waals surface area contributed by atoms with Gasteiger partial charge in [0.1, 0.15) is 11.5 Å². The van der Waals surface area contributed by atoms with E-state index in [0.29, 0.717) is 30.8 Å². The van der Waals surface area contributed by atoms with Crippen molar-refractivity contribution >= 4 is 5.96 Å². The van der Waals surface area contributed by atoms with Crippen molar-refractivity contribution in [1.82, 2.24) is 20.8 Å². The van der Waals surface area contributed by atoms with Crippen LogP contribution in [-0.4, -0.2) is 35.9 Å². The van der Waals surface area contributed by atoms with E-state index in [1.165, 1.54) is 12.8 Å². The first-order valence-electron chi connectivity index (χ1n) is 11.1. The number of aromatic nitrogens is 2. The lowest BCUT2D eigenvalue weighted by atomic mass is 9.97. The number of methoxy groups -OCH3 is 1. The number of guanidine groups is 1. The van der Waals surface area contributed by atoms with Crippen molar-refractivity contribution in [2.24, 2.45) is 4.99 Å². The van der Waals surface area contributed by atoms with Gasteiger partial charge >= 0.3 is 0 Å². The zero-order valence-corrected chi connectivity index (χ0v) is 19.3. The molecule has 0 atom stereocenters. The number of hydrogen-bond donors (Lipinski definition) is 2. The Morgan fingerprint density at radius 2 is 2.00 bits per heavy atom. The predicted octanol–water partition coefficient (Wildman–Crippen LogP) is 3.95. The molecule has 31 heavy (non-hydrogen) atoms. The van der Waals surface area contributed by atoms with E-state index in [-0.39, 0.29) is 11.5 Å². The third-order valence-corrected chi connectivity index (χ3v) is 5.15. The van der Waals surface area contributed by atoms with Crippen LogP contribution in [0.15, 0.2) is 27.7 Å². The van der Waals surface area contributed by atoms with E-state index in [1.54, 1.807) is 7.11 Å². The van der Waals surface area contributed by atoms with Crippen molar-refractivity contribution in [2.75, 3.05) is 13.7 Å². The highest BCUT2D eigenvalue weighted by Crippen LogP contribution is 2.30. The molecule has 1 aromatic carbocycles. The molecule has 1 aromatic heterocycles. The van der Waals surface area contributed by atoms with Crippen LogP contribution < -0.4 is 20.1 Å². The molecule has 0 bridgehead atoms. The molecule has 2 aromatic rings. The fourth-order valence-corrected chi connectivity index (χ4v) is 3.39. The number of rotatable bonds is 8. The average molecular weight is 430 g/mol. The molecule has 3 rings (SSSR count). The molecule has 0 radical (unpaired) electrons. The minimum absolute atomic E-state index is 0.173. The fraction of sp³-hybridized carbons (Fsp3) is 0.609. The molecular formula is C23H35N5O3. The average Bonchev–Trinajstić information content (AvgIpc) is 3.42. The standard InChI is InChI=1S/C23H35N5O3/c1-6-24-22(26-15-20-27-21(31-28-20)23(2,3)4)25-14-16-11-12-18(29-5)13-19(16)30-17-9-7-8-10-17/h11-13,17H,6-10,14-15H2,1-5H3,(H2,24,25,26).